The summed E-state index contributed by atoms with van der Waals surface area (Å²) in [6.07, 6.45) is 7.04. The van der Waals surface area contributed by atoms with Crippen LogP contribution >= 0.6 is 11.3 Å². The number of nitriles is 1. The third-order valence-electron chi connectivity index (χ3n) is 4.31. The number of nitrogens with zero attached hydrogens (tertiary/aromatic N) is 1. The third kappa shape index (κ3) is 1.85. The summed E-state index contributed by atoms with van der Waals surface area (Å²) in [5.74, 6) is 0. The molecule has 1 heterocycles. The van der Waals surface area contributed by atoms with Gasteiger partial charge in [0.25, 0.3) is 0 Å². The second-order valence-corrected chi connectivity index (χ2v) is 6.08. The number of aryl methyl sites for hydroxylation is 1. The van der Waals surface area contributed by atoms with Crippen molar-refractivity contribution < 1.29 is 0 Å². The molecule has 92 valence electrons. The number of nitrogens with two attached hydrogens (primary N) is 1. The molecule has 0 saturated heterocycles. The highest BCUT2D eigenvalue weighted by atomic mass is 32.1. The first-order valence-electron chi connectivity index (χ1n) is 6.50. The summed E-state index contributed by atoms with van der Waals surface area (Å²) in [5.41, 5.74) is 8.28. The van der Waals surface area contributed by atoms with E-state index in [2.05, 4.69) is 19.9 Å². The van der Waals surface area contributed by atoms with Gasteiger partial charge in [-0.15, -0.1) is 11.3 Å². The summed E-state index contributed by atoms with van der Waals surface area (Å²) in [4.78, 5) is 1.38. The second kappa shape index (κ2) is 4.70. The highest BCUT2D eigenvalue weighted by Crippen LogP contribution is 2.47. The maximum atomic E-state index is 9.36. The van der Waals surface area contributed by atoms with Gasteiger partial charge in [-0.3, -0.25) is 0 Å². The molecule has 1 aliphatic rings. The Labute approximate surface area is 107 Å². The van der Waals surface area contributed by atoms with Crippen LogP contribution < -0.4 is 5.73 Å². The van der Waals surface area contributed by atoms with E-state index in [1.807, 2.05) is 0 Å². The van der Waals surface area contributed by atoms with Crippen molar-refractivity contribution in [1.29, 1.82) is 5.26 Å². The first-order chi connectivity index (χ1) is 8.18. The fraction of sp³-hybridized carbons (Fsp3) is 0.643. The molecule has 0 bridgehead atoms. The molecule has 0 unspecified atom stereocenters. The van der Waals surface area contributed by atoms with Crippen molar-refractivity contribution in [3.8, 4) is 6.07 Å². The van der Waals surface area contributed by atoms with Crippen LogP contribution in [0.4, 0.5) is 5.00 Å². The summed E-state index contributed by atoms with van der Waals surface area (Å²) in [6, 6.07) is 2.34. The van der Waals surface area contributed by atoms with E-state index in [-0.39, 0.29) is 5.41 Å². The molecule has 1 aromatic rings. The minimum absolute atomic E-state index is 0.199. The van der Waals surface area contributed by atoms with Gasteiger partial charge in [0, 0.05) is 4.88 Å². The number of rotatable bonds is 2. The quantitative estimate of drug-likeness (QED) is 0.805. The van der Waals surface area contributed by atoms with Crippen LogP contribution in [0, 0.1) is 11.3 Å². The molecule has 2 N–H and O–H groups in total. The number of hydrogen-bond acceptors (Lipinski definition) is 3. The largest absolute Gasteiger partial charge is 0.389 e. The predicted molar refractivity (Wildman–Crippen MR) is 73.3 cm³/mol. The Kier molecular flexibility index (Phi) is 3.44. The smallest absolute Gasteiger partial charge is 0.104 e. The van der Waals surface area contributed by atoms with Crippen molar-refractivity contribution >= 4 is 16.3 Å². The molecule has 0 fully saturated rings. The average Bonchev–Trinajstić information content (AvgIpc) is 2.56. The zero-order valence-corrected chi connectivity index (χ0v) is 11.5. The van der Waals surface area contributed by atoms with Gasteiger partial charge in [-0.1, -0.05) is 20.3 Å². The molecule has 1 aliphatic carbocycles. The maximum Gasteiger partial charge on any atom is 0.104 e. The minimum Gasteiger partial charge on any atom is -0.389 e. The fourth-order valence-corrected chi connectivity index (χ4v) is 4.36. The predicted octanol–water partition coefficient (Wildman–Crippen LogP) is 3.99. The van der Waals surface area contributed by atoms with Crippen molar-refractivity contribution in [3.63, 3.8) is 0 Å². The summed E-state index contributed by atoms with van der Waals surface area (Å²) < 4.78 is 0. The van der Waals surface area contributed by atoms with Gasteiger partial charge in [-0.25, -0.2) is 0 Å². The van der Waals surface area contributed by atoms with Crippen LogP contribution in [-0.4, -0.2) is 0 Å². The van der Waals surface area contributed by atoms with Crippen molar-refractivity contribution in [1.82, 2.24) is 0 Å². The topological polar surface area (TPSA) is 49.8 Å². The van der Waals surface area contributed by atoms with Gasteiger partial charge in [0.05, 0.1) is 5.56 Å². The highest BCUT2D eigenvalue weighted by Gasteiger charge is 2.36. The van der Waals surface area contributed by atoms with Crippen LogP contribution in [0.3, 0.4) is 0 Å². The van der Waals surface area contributed by atoms with E-state index in [9.17, 15) is 5.26 Å². The van der Waals surface area contributed by atoms with Gasteiger partial charge in [-0.2, -0.15) is 5.26 Å². The number of hydrogen-bond donors (Lipinski definition) is 1. The Morgan fingerprint density at radius 2 is 2.06 bits per heavy atom. The van der Waals surface area contributed by atoms with Crippen LogP contribution in [0.15, 0.2) is 0 Å². The summed E-state index contributed by atoms with van der Waals surface area (Å²) >= 11 is 1.64. The Morgan fingerprint density at radius 3 is 2.65 bits per heavy atom. The molecule has 0 amide bonds. The second-order valence-electron chi connectivity index (χ2n) is 4.95. The van der Waals surface area contributed by atoms with Gasteiger partial charge >= 0.3 is 0 Å². The van der Waals surface area contributed by atoms with Gasteiger partial charge in [-0.05, 0) is 43.1 Å². The monoisotopic (exact) mass is 248 g/mol. The van der Waals surface area contributed by atoms with Crippen LogP contribution in [0.25, 0.3) is 0 Å². The molecule has 1 aromatic heterocycles. The number of thiophene rings is 1. The normalized spacial score (nSPS) is 18.2. The molecular formula is C14H20N2S. The molecule has 0 radical (unpaired) electrons. The third-order valence-corrected chi connectivity index (χ3v) is 5.39. The lowest BCUT2D eigenvalue weighted by atomic mass is 9.72. The van der Waals surface area contributed by atoms with Crippen molar-refractivity contribution in [2.75, 3.05) is 5.73 Å². The molecule has 0 atom stereocenters. The summed E-state index contributed by atoms with van der Waals surface area (Å²) in [6.45, 7) is 4.49. The number of anilines is 1. The lowest BCUT2D eigenvalue weighted by Gasteiger charge is -2.31. The van der Waals surface area contributed by atoms with Crippen molar-refractivity contribution in [2.24, 2.45) is 0 Å². The highest BCUT2D eigenvalue weighted by molar-refractivity contribution is 7.16. The van der Waals surface area contributed by atoms with Crippen LogP contribution in [-0.2, 0) is 11.8 Å². The van der Waals surface area contributed by atoms with Crippen LogP contribution in [0.1, 0.15) is 62.0 Å². The van der Waals surface area contributed by atoms with E-state index in [0.717, 1.165) is 29.8 Å². The molecule has 0 aromatic carbocycles. The van der Waals surface area contributed by atoms with Crippen molar-refractivity contribution in [2.45, 2.75) is 57.8 Å². The standard InChI is InChI=1S/C14H20N2S/c1-3-14(4-2)8-6-5-7-11-12(14)10(9-15)13(16)17-11/h3-8,16H2,1-2H3. The lowest BCUT2D eigenvalue weighted by Crippen LogP contribution is -2.25. The SMILES string of the molecule is CCC1(CC)CCCCc2sc(N)c(C#N)c21. The van der Waals surface area contributed by atoms with E-state index in [1.54, 1.807) is 11.3 Å². The summed E-state index contributed by atoms with van der Waals surface area (Å²) in [7, 11) is 0. The van der Waals surface area contributed by atoms with E-state index >= 15 is 0 Å². The number of fused-ring (bicyclic) bond motifs is 1. The number of nitrogen functional groups attached to an aromatic ring is 1. The Bertz CT molecular complexity index is 450. The Morgan fingerprint density at radius 1 is 1.35 bits per heavy atom. The Hall–Kier alpha value is -1.01. The molecule has 3 heteroatoms. The summed E-state index contributed by atoms with van der Waals surface area (Å²) in [5, 5.41) is 10.1. The average molecular weight is 248 g/mol. The maximum absolute atomic E-state index is 9.36. The van der Waals surface area contributed by atoms with Gasteiger partial charge in [0.2, 0.25) is 0 Å². The van der Waals surface area contributed by atoms with Crippen LogP contribution in [0.5, 0.6) is 0 Å². The van der Waals surface area contributed by atoms with Crippen LogP contribution in [0.2, 0.25) is 0 Å². The van der Waals surface area contributed by atoms with Crippen molar-refractivity contribution in [3.05, 3.63) is 16.0 Å². The van der Waals surface area contributed by atoms with E-state index in [1.165, 1.54) is 29.7 Å². The molecule has 2 nitrogen and oxygen atoms in total. The first-order valence-corrected chi connectivity index (χ1v) is 7.32. The van der Waals surface area contributed by atoms with E-state index in [4.69, 9.17) is 5.73 Å². The molecule has 0 aliphatic heterocycles. The molecule has 2 rings (SSSR count). The van der Waals surface area contributed by atoms with Gasteiger partial charge in [0.1, 0.15) is 11.1 Å². The van der Waals surface area contributed by atoms with E-state index in [0.29, 0.717) is 0 Å². The molecule has 0 saturated carbocycles. The van der Waals surface area contributed by atoms with Gasteiger partial charge in [0.15, 0.2) is 0 Å². The molecule has 0 spiro atoms. The lowest BCUT2D eigenvalue weighted by molar-refractivity contribution is 0.360. The van der Waals surface area contributed by atoms with Gasteiger partial charge < -0.3 is 5.73 Å². The zero-order chi connectivity index (χ0) is 12.5. The molecule has 17 heavy (non-hydrogen) atoms. The Balaban J connectivity index is 2.65. The molecular weight excluding hydrogens is 228 g/mol. The van der Waals surface area contributed by atoms with E-state index < -0.39 is 0 Å². The first kappa shape index (κ1) is 12.4. The minimum atomic E-state index is 0.199. The fourth-order valence-electron chi connectivity index (χ4n) is 3.18. The zero-order valence-electron chi connectivity index (χ0n) is 10.7.